The number of hydrogen-bond acceptors (Lipinski definition) is 7. The van der Waals surface area contributed by atoms with Crippen LogP contribution in [0, 0.1) is 29.1 Å². The molecule has 0 N–H and O–H groups in total. The van der Waals surface area contributed by atoms with Crippen LogP contribution < -0.4 is 0 Å². The molecule has 5 rings (SSSR count). The van der Waals surface area contributed by atoms with E-state index in [0.29, 0.717) is 19.3 Å². The summed E-state index contributed by atoms with van der Waals surface area (Å²) in [5, 5.41) is 0. The smallest absolute Gasteiger partial charge is 0.306 e. The number of piperidine rings is 1. The molecule has 0 amide bonds. The fourth-order valence-corrected chi connectivity index (χ4v) is 9.65. The van der Waals surface area contributed by atoms with Crippen molar-refractivity contribution in [2.45, 2.75) is 167 Å². The number of rotatable bonds is 27. The van der Waals surface area contributed by atoms with Crippen molar-refractivity contribution in [1.29, 1.82) is 0 Å². The van der Waals surface area contributed by atoms with Gasteiger partial charge < -0.3 is 19.1 Å². The number of allylic oxidation sites excluding steroid dienone is 4. The minimum atomic E-state index is -0.351. The van der Waals surface area contributed by atoms with Gasteiger partial charge in [0.2, 0.25) is 0 Å². The average Bonchev–Trinajstić information content (AvgIpc) is 3.11. The fraction of sp³-hybridized carbons (Fsp3) is 0.841. The minimum absolute atomic E-state index is 0.103. The molecule has 5 aliphatic rings. The molecule has 1 heterocycles. The van der Waals surface area contributed by atoms with Gasteiger partial charge in [-0.2, -0.15) is 0 Å². The maximum Gasteiger partial charge on any atom is 0.306 e. The molecule has 1 aliphatic heterocycles. The first kappa shape index (κ1) is 41.6. The maximum atomic E-state index is 13.1. The first-order valence-electron chi connectivity index (χ1n) is 21.4. The van der Waals surface area contributed by atoms with Gasteiger partial charge in [-0.1, -0.05) is 69.8 Å². The number of carbonyl (C=O) groups is 3. The van der Waals surface area contributed by atoms with Crippen molar-refractivity contribution in [2.24, 2.45) is 29.1 Å². The highest BCUT2D eigenvalue weighted by molar-refractivity contribution is 5.71. The topological polar surface area (TPSA) is 82.1 Å². The standard InChI is InChI=1S/C44H73NO6/c1-2-3-4-5-6-7-8-9-10-11-12-13-14-15-17-22-41(46)49-34-40(35-50-42(47)23-18-21-26-45-24-19-16-20-25-45)36-51-43(48)33-44-30-37-27-38(31-44)29-39(28-37)32-44/h6-7,9-10,37-40H,2-5,8,11-36H2,1H3/b7-6-,10-9-. The van der Waals surface area contributed by atoms with Gasteiger partial charge in [0, 0.05) is 12.8 Å². The van der Waals surface area contributed by atoms with Crippen molar-refractivity contribution >= 4 is 17.9 Å². The van der Waals surface area contributed by atoms with Crippen molar-refractivity contribution in [2.75, 3.05) is 39.5 Å². The van der Waals surface area contributed by atoms with E-state index in [4.69, 9.17) is 14.2 Å². The lowest BCUT2D eigenvalue weighted by Crippen LogP contribution is -2.47. The Morgan fingerprint density at radius 3 is 1.73 bits per heavy atom. The lowest BCUT2D eigenvalue weighted by atomic mass is 9.49. The molecule has 1 atom stereocenters. The highest BCUT2D eigenvalue weighted by Gasteiger charge is 2.51. The Morgan fingerprint density at radius 1 is 0.627 bits per heavy atom. The summed E-state index contributed by atoms with van der Waals surface area (Å²) < 4.78 is 17.1. The molecular weight excluding hydrogens is 638 g/mol. The van der Waals surface area contributed by atoms with Crippen LogP contribution in [0.15, 0.2) is 24.3 Å². The first-order chi connectivity index (χ1) is 24.9. The summed E-state index contributed by atoms with van der Waals surface area (Å²) in [6.45, 7) is 5.94. The van der Waals surface area contributed by atoms with Crippen LogP contribution in [0.5, 0.6) is 0 Å². The number of unbranched alkanes of at least 4 members (excludes halogenated alkanes) is 9. The van der Waals surface area contributed by atoms with Crippen LogP contribution in [0.25, 0.3) is 0 Å². The molecule has 4 bridgehead atoms. The molecule has 51 heavy (non-hydrogen) atoms. The van der Waals surface area contributed by atoms with Crippen LogP contribution in [0.3, 0.4) is 0 Å². The third-order valence-electron chi connectivity index (χ3n) is 12.0. The quantitative estimate of drug-likeness (QED) is 0.0363. The van der Waals surface area contributed by atoms with Gasteiger partial charge in [-0.3, -0.25) is 14.4 Å². The molecular formula is C44H73NO6. The zero-order chi connectivity index (χ0) is 36.0. The minimum Gasteiger partial charge on any atom is -0.465 e. The van der Waals surface area contributed by atoms with Crippen LogP contribution in [0.1, 0.15) is 167 Å². The normalized spacial score (nSPS) is 25.1. The van der Waals surface area contributed by atoms with Crippen LogP contribution >= 0.6 is 0 Å². The van der Waals surface area contributed by atoms with E-state index in [9.17, 15) is 14.4 Å². The van der Waals surface area contributed by atoms with Gasteiger partial charge in [-0.05, 0) is 146 Å². The van der Waals surface area contributed by atoms with E-state index in [2.05, 4.69) is 36.1 Å². The van der Waals surface area contributed by atoms with Crippen molar-refractivity contribution in [1.82, 2.24) is 4.90 Å². The van der Waals surface area contributed by atoms with Crippen molar-refractivity contribution < 1.29 is 28.6 Å². The highest BCUT2D eigenvalue weighted by atomic mass is 16.6. The van der Waals surface area contributed by atoms with Crippen LogP contribution in [-0.2, 0) is 28.6 Å². The lowest BCUT2D eigenvalue weighted by molar-refractivity contribution is -0.157. The van der Waals surface area contributed by atoms with Gasteiger partial charge in [-0.25, -0.2) is 0 Å². The third-order valence-corrected chi connectivity index (χ3v) is 12.0. The Labute approximate surface area is 311 Å². The van der Waals surface area contributed by atoms with E-state index in [1.165, 1.54) is 109 Å². The second-order valence-corrected chi connectivity index (χ2v) is 16.8. The molecule has 0 aromatic rings. The molecule has 7 nitrogen and oxygen atoms in total. The SMILES string of the molecule is CCCCC/C=C\C/C=C\CCCCCCCC(=O)OCC(COC(=O)CCCCN1CCCCC1)COC(=O)CC12CC3CC(CC(C3)C1)C2. The Balaban J connectivity index is 1.09. The first-order valence-corrected chi connectivity index (χ1v) is 21.4. The molecule has 0 aromatic heterocycles. The predicted molar refractivity (Wildman–Crippen MR) is 205 cm³/mol. The number of carbonyl (C=O) groups excluding carboxylic acids is 3. The van der Waals surface area contributed by atoms with Crippen molar-refractivity contribution in [3.05, 3.63) is 24.3 Å². The summed E-state index contributed by atoms with van der Waals surface area (Å²) in [5.41, 5.74) is 0.121. The van der Waals surface area contributed by atoms with Gasteiger partial charge in [0.25, 0.3) is 0 Å². The van der Waals surface area contributed by atoms with E-state index in [1.54, 1.807) is 0 Å². The maximum absolute atomic E-state index is 13.1. The van der Waals surface area contributed by atoms with Crippen LogP contribution in [-0.4, -0.2) is 62.3 Å². The van der Waals surface area contributed by atoms with Gasteiger partial charge >= 0.3 is 17.9 Å². The Morgan fingerprint density at radius 2 is 1.14 bits per heavy atom. The molecule has 1 saturated heterocycles. The molecule has 4 aliphatic carbocycles. The Hall–Kier alpha value is -2.15. The molecule has 7 heteroatoms. The monoisotopic (exact) mass is 712 g/mol. The molecule has 0 radical (unpaired) electrons. The van der Waals surface area contributed by atoms with E-state index >= 15 is 0 Å². The summed E-state index contributed by atoms with van der Waals surface area (Å²) >= 11 is 0. The second-order valence-electron chi connectivity index (χ2n) is 16.8. The average molecular weight is 712 g/mol. The number of ether oxygens (including phenoxy) is 3. The third kappa shape index (κ3) is 17.0. The molecule has 5 fully saturated rings. The Kier molecular flexibility index (Phi) is 19.8. The largest absolute Gasteiger partial charge is 0.465 e. The molecule has 0 aromatic carbocycles. The van der Waals surface area contributed by atoms with Gasteiger partial charge in [0.15, 0.2) is 0 Å². The molecule has 1 unspecified atom stereocenters. The number of nitrogens with zero attached hydrogens (tertiary/aromatic N) is 1. The zero-order valence-corrected chi connectivity index (χ0v) is 32.4. The van der Waals surface area contributed by atoms with E-state index < -0.39 is 0 Å². The molecule has 0 spiro atoms. The van der Waals surface area contributed by atoms with Crippen molar-refractivity contribution in [3.63, 3.8) is 0 Å². The molecule has 4 saturated carbocycles. The summed E-state index contributed by atoms with van der Waals surface area (Å²) in [4.78, 5) is 40.8. The summed E-state index contributed by atoms with van der Waals surface area (Å²) in [6.07, 6.45) is 36.1. The zero-order valence-electron chi connectivity index (χ0n) is 32.4. The number of likely N-dealkylation sites (tertiary alicyclic amines) is 1. The van der Waals surface area contributed by atoms with Crippen molar-refractivity contribution in [3.8, 4) is 0 Å². The van der Waals surface area contributed by atoms with E-state index in [1.807, 2.05) is 0 Å². The summed E-state index contributed by atoms with van der Waals surface area (Å²) in [5.74, 6) is 1.41. The van der Waals surface area contributed by atoms with Crippen LogP contribution in [0.2, 0.25) is 0 Å². The van der Waals surface area contributed by atoms with Crippen LogP contribution in [0.4, 0.5) is 0 Å². The predicted octanol–water partition coefficient (Wildman–Crippen LogP) is 10.3. The lowest BCUT2D eigenvalue weighted by Gasteiger charge is -2.56. The van der Waals surface area contributed by atoms with Gasteiger partial charge in [0.1, 0.15) is 19.8 Å². The van der Waals surface area contributed by atoms with Gasteiger partial charge in [-0.15, -0.1) is 0 Å². The number of esters is 3. The fourth-order valence-electron chi connectivity index (χ4n) is 9.65. The summed E-state index contributed by atoms with van der Waals surface area (Å²) in [6, 6.07) is 0. The summed E-state index contributed by atoms with van der Waals surface area (Å²) in [7, 11) is 0. The van der Waals surface area contributed by atoms with E-state index in [-0.39, 0.29) is 49.1 Å². The number of hydrogen-bond donors (Lipinski definition) is 0. The highest BCUT2D eigenvalue weighted by Crippen LogP contribution is 2.61. The van der Waals surface area contributed by atoms with E-state index in [0.717, 1.165) is 69.2 Å². The Bertz CT molecular complexity index is 1030. The molecule has 290 valence electrons. The van der Waals surface area contributed by atoms with Gasteiger partial charge in [0.05, 0.1) is 12.3 Å². The second kappa shape index (κ2) is 24.2.